The van der Waals surface area contributed by atoms with Crippen molar-refractivity contribution in [2.45, 2.75) is 10.7 Å². The number of nitrogens with zero attached hydrogens (tertiary/aromatic N) is 2. The lowest BCUT2D eigenvalue weighted by molar-refractivity contribution is 0.898. The monoisotopic (exact) mass is 364 g/mol. The van der Waals surface area contributed by atoms with Crippen LogP contribution in [0.1, 0.15) is 11.1 Å². The molecule has 0 aromatic heterocycles. The minimum Gasteiger partial charge on any atom is -0.260 e. The van der Waals surface area contributed by atoms with Gasteiger partial charge in [0.05, 0.1) is 0 Å². The third-order valence-electron chi connectivity index (χ3n) is 3.38. The Labute approximate surface area is 147 Å². The fourth-order valence-electron chi connectivity index (χ4n) is 2.29. The fourth-order valence-corrected chi connectivity index (χ4v) is 5.03. The van der Waals surface area contributed by atoms with E-state index in [1.165, 1.54) is 0 Å². The van der Waals surface area contributed by atoms with Crippen LogP contribution in [0.25, 0.3) is 0 Å². The summed E-state index contributed by atoms with van der Waals surface area (Å²) in [7, 11) is 0. The standard InChI is InChI=1S/C16H10Cl2N2S2/c17-11-5-1-9(2-6-11)13-19-15-16(21-13)20-14(22-15)10-3-7-12(18)8-4-10/h1-8,15-16H. The van der Waals surface area contributed by atoms with Crippen molar-refractivity contribution in [2.75, 3.05) is 0 Å². The van der Waals surface area contributed by atoms with Gasteiger partial charge in [0.1, 0.15) is 20.8 Å². The van der Waals surface area contributed by atoms with Gasteiger partial charge in [-0.3, -0.25) is 9.98 Å². The molecule has 6 heteroatoms. The van der Waals surface area contributed by atoms with Gasteiger partial charge < -0.3 is 0 Å². The molecule has 110 valence electrons. The van der Waals surface area contributed by atoms with Crippen molar-refractivity contribution in [3.63, 3.8) is 0 Å². The molecular weight excluding hydrogens is 355 g/mol. The minimum absolute atomic E-state index is 0.154. The summed E-state index contributed by atoms with van der Waals surface area (Å²) in [5.74, 6) is 0. The first-order chi connectivity index (χ1) is 10.7. The van der Waals surface area contributed by atoms with Crippen molar-refractivity contribution in [3.8, 4) is 0 Å². The van der Waals surface area contributed by atoms with Crippen molar-refractivity contribution in [1.29, 1.82) is 0 Å². The van der Waals surface area contributed by atoms with E-state index >= 15 is 0 Å². The second kappa shape index (κ2) is 5.93. The smallest absolute Gasteiger partial charge is 0.134 e. The summed E-state index contributed by atoms with van der Waals surface area (Å²) in [6, 6.07) is 15.6. The van der Waals surface area contributed by atoms with Crippen molar-refractivity contribution >= 4 is 56.8 Å². The molecule has 4 rings (SSSR count). The SMILES string of the molecule is Clc1ccc(C2=NC3SC(c4ccc(Cl)cc4)=NC3S2)cc1. The van der Waals surface area contributed by atoms with Gasteiger partial charge >= 0.3 is 0 Å². The molecule has 0 saturated heterocycles. The maximum atomic E-state index is 5.93. The molecule has 0 bridgehead atoms. The van der Waals surface area contributed by atoms with Crippen LogP contribution in [0, 0.1) is 0 Å². The second-order valence-corrected chi connectivity index (χ2v) is 7.98. The number of benzene rings is 2. The predicted molar refractivity (Wildman–Crippen MR) is 98.7 cm³/mol. The molecule has 22 heavy (non-hydrogen) atoms. The van der Waals surface area contributed by atoms with Crippen LogP contribution in [0.3, 0.4) is 0 Å². The molecule has 2 aliphatic heterocycles. The molecule has 0 spiro atoms. The Hall–Kier alpha value is -0.940. The van der Waals surface area contributed by atoms with Crippen LogP contribution in [-0.4, -0.2) is 20.8 Å². The van der Waals surface area contributed by atoms with Gasteiger partial charge in [0, 0.05) is 21.2 Å². The van der Waals surface area contributed by atoms with Gasteiger partial charge in [-0.1, -0.05) is 71.0 Å². The van der Waals surface area contributed by atoms with Gasteiger partial charge in [-0.25, -0.2) is 0 Å². The van der Waals surface area contributed by atoms with Crippen LogP contribution in [0.15, 0.2) is 58.5 Å². The van der Waals surface area contributed by atoms with E-state index in [-0.39, 0.29) is 10.7 Å². The Morgan fingerprint density at radius 3 is 1.36 bits per heavy atom. The molecule has 2 heterocycles. The summed E-state index contributed by atoms with van der Waals surface area (Å²) in [5, 5.41) is 3.87. The maximum Gasteiger partial charge on any atom is 0.134 e. The molecule has 2 nitrogen and oxygen atoms in total. The molecule has 0 aliphatic carbocycles. The van der Waals surface area contributed by atoms with Crippen molar-refractivity contribution in [1.82, 2.24) is 0 Å². The molecule has 2 unspecified atom stereocenters. The average Bonchev–Trinajstić information content (AvgIpc) is 3.07. The lowest BCUT2D eigenvalue weighted by atomic mass is 10.2. The third-order valence-corrected chi connectivity index (χ3v) is 6.39. The first-order valence-electron chi connectivity index (χ1n) is 6.70. The molecule has 0 saturated carbocycles. The van der Waals surface area contributed by atoms with Gasteiger partial charge in [0.15, 0.2) is 0 Å². The van der Waals surface area contributed by atoms with Gasteiger partial charge in [-0.2, -0.15) is 0 Å². The van der Waals surface area contributed by atoms with Gasteiger partial charge in [0.25, 0.3) is 0 Å². The predicted octanol–water partition coefficient (Wildman–Crippen LogP) is 5.33. The van der Waals surface area contributed by atoms with E-state index in [1.807, 2.05) is 48.5 Å². The Kier molecular flexibility index (Phi) is 3.95. The maximum absolute atomic E-state index is 5.93. The molecule has 0 N–H and O–H groups in total. The van der Waals surface area contributed by atoms with Gasteiger partial charge in [-0.15, -0.1) is 0 Å². The van der Waals surface area contributed by atoms with E-state index in [4.69, 9.17) is 33.2 Å². The zero-order valence-electron chi connectivity index (χ0n) is 11.2. The van der Waals surface area contributed by atoms with Crippen molar-refractivity contribution < 1.29 is 0 Å². The van der Waals surface area contributed by atoms with Crippen LogP contribution in [-0.2, 0) is 0 Å². The van der Waals surface area contributed by atoms with Gasteiger partial charge in [-0.05, 0) is 24.3 Å². The molecule has 2 atom stereocenters. The van der Waals surface area contributed by atoms with Crippen LogP contribution in [0.2, 0.25) is 10.0 Å². The highest BCUT2D eigenvalue weighted by atomic mass is 35.5. The fraction of sp³-hybridized carbons (Fsp3) is 0.125. The highest BCUT2D eigenvalue weighted by Gasteiger charge is 2.37. The summed E-state index contributed by atoms with van der Waals surface area (Å²) in [6.45, 7) is 0. The lowest BCUT2D eigenvalue weighted by Gasteiger charge is -2.03. The molecule has 2 aromatic carbocycles. The molecule has 2 aromatic rings. The Morgan fingerprint density at radius 1 is 0.636 bits per heavy atom. The zero-order valence-corrected chi connectivity index (χ0v) is 14.4. The van der Waals surface area contributed by atoms with E-state index in [0.717, 1.165) is 31.3 Å². The molecule has 0 amide bonds. The highest BCUT2D eigenvalue weighted by molar-refractivity contribution is 8.20. The third kappa shape index (κ3) is 2.81. The summed E-state index contributed by atoms with van der Waals surface area (Å²) < 4.78 is 0. The van der Waals surface area contributed by atoms with Crippen LogP contribution in [0.5, 0.6) is 0 Å². The Bertz CT molecular complexity index is 702. The first-order valence-corrected chi connectivity index (χ1v) is 9.21. The number of fused-ring (bicyclic) bond motifs is 1. The second-order valence-electron chi connectivity index (χ2n) is 4.90. The number of aliphatic imine (C=N–C) groups is 2. The van der Waals surface area contributed by atoms with Crippen LogP contribution < -0.4 is 0 Å². The Balaban J connectivity index is 1.53. The van der Waals surface area contributed by atoms with E-state index in [1.54, 1.807) is 23.5 Å². The summed E-state index contributed by atoms with van der Waals surface area (Å²) in [6.07, 6.45) is 0. The zero-order chi connectivity index (χ0) is 15.1. The van der Waals surface area contributed by atoms with Crippen LogP contribution >= 0.6 is 46.7 Å². The number of thioether (sulfide) groups is 2. The highest BCUT2D eigenvalue weighted by Crippen LogP contribution is 2.43. The summed E-state index contributed by atoms with van der Waals surface area (Å²) in [5.41, 5.74) is 2.21. The average molecular weight is 365 g/mol. The normalized spacial score (nSPS) is 23.2. The molecular formula is C16H10Cl2N2S2. The topological polar surface area (TPSA) is 24.7 Å². The van der Waals surface area contributed by atoms with Crippen LogP contribution in [0.4, 0.5) is 0 Å². The summed E-state index contributed by atoms with van der Waals surface area (Å²) >= 11 is 15.3. The molecule has 0 fully saturated rings. The first kappa shape index (κ1) is 14.6. The van der Waals surface area contributed by atoms with E-state index in [0.29, 0.717) is 0 Å². The Morgan fingerprint density at radius 2 is 1.00 bits per heavy atom. The lowest BCUT2D eigenvalue weighted by Crippen LogP contribution is -2.03. The molecule has 0 radical (unpaired) electrons. The number of rotatable bonds is 2. The summed E-state index contributed by atoms with van der Waals surface area (Å²) in [4.78, 5) is 9.60. The minimum atomic E-state index is 0.154. The van der Waals surface area contributed by atoms with Crippen molar-refractivity contribution in [3.05, 3.63) is 69.7 Å². The van der Waals surface area contributed by atoms with E-state index < -0.39 is 0 Å². The number of hydrogen-bond acceptors (Lipinski definition) is 4. The quantitative estimate of drug-likeness (QED) is 0.718. The van der Waals surface area contributed by atoms with Crippen molar-refractivity contribution in [2.24, 2.45) is 9.98 Å². The number of hydrogen-bond donors (Lipinski definition) is 0. The van der Waals surface area contributed by atoms with E-state index in [9.17, 15) is 0 Å². The van der Waals surface area contributed by atoms with Gasteiger partial charge in [0.2, 0.25) is 0 Å². The molecule has 2 aliphatic rings. The number of halogens is 2. The largest absolute Gasteiger partial charge is 0.260 e. The van der Waals surface area contributed by atoms with E-state index in [2.05, 4.69) is 0 Å².